The highest BCUT2D eigenvalue weighted by Crippen LogP contribution is 2.35. The Morgan fingerprint density at radius 1 is 1.00 bits per heavy atom. The van der Waals surface area contributed by atoms with E-state index in [-0.39, 0.29) is 24.3 Å². The Morgan fingerprint density at radius 3 is 2.47 bits per heavy atom. The van der Waals surface area contributed by atoms with Crippen LogP contribution >= 0.6 is 0 Å². The zero-order valence-electron chi connectivity index (χ0n) is 20.4. The summed E-state index contributed by atoms with van der Waals surface area (Å²) in [5.41, 5.74) is 6.80. The Labute approximate surface area is 210 Å². The van der Waals surface area contributed by atoms with Crippen molar-refractivity contribution in [2.75, 3.05) is 17.3 Å². The number of aromatic nitrogens is 2. The number of para-hydroxylation sites is 1. The largest absolute Gasteiger partial charge is 0.346 e. The summed E-state index contributed by atoms with van der Waals surface area (Å²) in [5.74, 6) is 0.281. The van der Waals surface area contributed by atoms with Crippen LogP contribution in [0.4, 0.5) is 17.3 Å². The summed E-state index contributed by atoms with van der Waals surface area (Å²) in [6.07, 6.45) is 1.94. The van der Waals surface area contributed by atoms with Gasteiger partial charge in [-0.3, -0.25) is 9.59 Å². The van der Waals surface area contributed by atoms with Crippen LogP contribution in [-0.2, 0) is 11.2 Å². The Hall–Kier alpha value is -4.52. The van der Waals surface area contributed by atoms with Crippen molar-refractivity contribution in [1.82, 2.24) is 15.3 Å². The van der Waals surface area contributed by atoms with Crippen LogP contribution in [-0.4, -0.2) is 28.8 Å². The molecule has 0 bridgehead atoms. The Morgan fingerprint density at radius 2 is 1.72 bits per heavy atom. The lowest BCUT2D eigenvalue weighted by molar-refractivity contribution is -0.117. The summed E-state index contributed by atoms with van der Waals surface area (Å²) in [7, 11) is 1.78. The fourth-order valence-corrected chi connectivity index (χ4v) is 4.26. The summed E-state index contributed by atoms with van der Waals surface area (Å²) in [6, 6.07) is 23.0. The molecule has 7 heteroatoms. The average molecular weight is 478 g/mol. The maximum absolute atomic E-state index is 12.7. The molecule has 3 aromatic carbocycles. The van der Waals surface area contributed by atoms with E-state index in [0.717, 1.165) is 33.8 Å². The zero-order chi connectivity index (χ0) is 25.2. The maximum atomic E-state index is 12.7. The van der Waals surface area contributed by atoms with E-state index < -0.39 is 0 Å². The van der Waals surface area contributed by atoms with E-state index in [1.165, 1.54) is 5.56 Å². The van der Waals surface area contributed by atoms with Gasteiger partial charge < -0.3 is 15.5 Å². The lowest BCUT2D eigenvalue weighted by Gasteiger charge is -2.17. The molecule has 0 saturated carbocycles. The van der Waals surface area contributed by atoms with Crippen molar-refractivity contribution in [1.29, 1.82) is 0 Å². The number of aryl methyl sites for hydroxylation is 1. The Balaban J connectivity index is 1.32. The predicted molar refractivity (Wildman–Crippen MR) is 141 cm³/mol. The summed E-state index contributed by atoms with van der Waals surface area (Å²) >= 11 is 0. The van der Waals surface area contributed by atoms with Gasteiger partial charge in [0.25, 0.3) is 5.91 Å². The SMILES string of the molecule is Cc1ccc([C@H](C)NC(=O)c2ccc(Nc3ncc4c(n3)-c3ccccc3N(C)C(=O)C4)cc2)cc1. The molecule has 0 aliphatic carbocycles. The highest BCUT2D eigenvalue weighted by molar-refractivity contribution is 6.01. The molecule has 7 nitrogen and oxygen atoms in total. The predicted octanol–water partition coefficient (Wildman–Crippen LogP) is 5.21. The number of carbonyl (C=O) groups excluding carboxylic acids is 2. The summed E-state index contributed by atoms with van der Waals surface area (Å²) in [5, 5.41) is 6.26. The third-order valence-corrected chi connectivity index (χ3v) is 6.43. The number of fused-ring (bicyclic) bond motifs is 3. The van der Waals surface area contributed by atoms with Crippen molar-refractivity contribution in [3.63, 3.8) is 0 Å². The molecular formula is C29H27N5O2. The number of rotatable bonds is 5. The van der Waals surface area contributed by atoms with Gasteiger partial charge in [-0.2, -0.15) is 0 Å². The first-order valence-electron chi connectivity index (χ1n) is 11.9. The van der Waals surface area contributed by atoms with Gasteiger partial charge in [-0.1, -0.05) is 48.0 Å². The van der Waals surface area contributed by atoms with Crippen molar-refractivity contribution >= 4 is 29.1 Å². The van der Waals surface area contributed by atoms with Crippen molar-refractivity contribution in [2.45, 2.75) is 26.3 Å². The van der Waals surface area contributed by atoms with Gasteiger partial charge in [0.2, 0.25) is 11.9 Å². The van der Waals surface area contributed by atoms with Gasteiger partial charge in [-0.15, -0.1) is 0 Å². The molecule has 1 atom stereocenters. The van der Waals surface area contributed by atoms with Crippen LogP contribution in [0.5, 0.6) is 0 Å². The number of hydrogen-bond acceptors (Lipinski definition) is 5. The molecule has 180 valence electrons. The van der Waals surface area contributed by atoms with Crippen LogP contribution in [0.15, 0.2) is 79.0 Å². The first-order chi connectivity index (χ1) is 17.4. The number of nitrogens with one attached hydrogen (secondary N) is 2. The molecule has 2 N–H and O–H groups in total. The minimum absolute atomic E-state index is 0.00364. The lowest BCUT2D eigenvalue weighted by atomic mass is 10.1. The van der Waals surface area contributed by atoms with Gasteiger partial charge in [-0.05, 0) is 49.7 Å². The summed E-state index contributed by atoms with van der Waals surface area (Å²) in [4.78, 5) is 36.1. The van der Waals surface area contributed by atoms with E-state index in [0.29, 0.717) is 11.5 Å². The number of anilines is 3. The normalized spacial score (nSPS) is 13.3. The number of nitrogens with zero attached hydrogens (tertiary/aromatic N) is 3. The minimum atomic E-state index is -0.138. The van der Waals surface area contributed by atoms with Crippen LogP contribution < -0.4 is 15.5 Å². The lowest BCUT2D eigenvalue weighted by Crippen LogP contribution is -2.26. The molecule has 1 aliphatic heterocycles. The third-order valence-electron chi connectivity index (χ3n) is 6.43. The fraction of sp³-hybridized carbons (Fsp3) is 0.172. The van der Waals surface area contributed by atoms with Crippen molar-refractivity contribution < 1.29 is 9.59 Å². The van der Waals surface area contributed by atoms with Gasteiger partial charge in [0.15, 0.2) is 0 Å². The number of amides is 2. The molecule has 2 heterocycles. The van der Waals surface area contributed by atoms with Crippen LogP contribution in [0.1, 0.15) is 40.0 Å². The van der Waals surface area contributed by atoms with Crippen molar-refractivity contribution in [3.8, 4) is 11.3 Å². The standard InChI is InChI=1S/C29H27N5O2/c1-18-8-10-20(11-9-18)19(2)31-28(36)21-12-14-23(15-13-21)32-29-30-17-22-16-26(35)34(3)25-7-5-4-6-24(25)27(22)33-29/h4-15,17,19H,16H2,1-3H3,(H,31,36)(H,30,32,33)/t19-/m0/s1. The van der Waals surface area contributed by atoms with E-state index in [4.69, 9.17) is 4.98 Å². The third kappa shape index (κ3) is 4.68. The molecule has 4 aromatic rings. The zero-order valence-corrected chi connectivity index (χ0v) is 20.4. The van der Waals surface area contributed by atoms with Crippen molar-refractivity contribution in [2.24, 2.45) is 0 Å². The first kappa shape index (κ1) is 23.2. The van der Waals surface area contributed by atoms with Crippen LogP contribution in [0.25, 0.3) is 11.3 Å². The molecule has 5 rings (SSSR count). The van der Waals surface area contributed by atoms with E-state index in [1.54, 1.807) is 30.3 Å². The Kier molecular flexibility index (Phi) is 6.21. The molecule has 2 amide bonds. The number of benzene rings is 3. The van der Waals surface area contributed by atoms with E-state index in [2.05, 4.69) is 15.6 Å². The van der Waals surface area contributed by atoms with Crippen molar-refractivity contribution in [3.05, 3.63) is 101 Å². The second kappa shape index (κ2) is 9.62. The maximum Gasteiger partial charge on any atom is 0.251 e. The van der Waals surface area contributed by atoms with Gasteiger partial charge in [0.05, 0.1) is 23.8 Å². The average Bonchev–Trinajstić information content (AvgIpc) is 2.99. The quantitative estimate of drug-likeness (QED) is 0.412. The molecule has 1 aromatic heterocycles. The second-order valence-electron chi connectivity index (χ2n) is 9.02. The van der Waals surface area contributed by atoms with E-state index in [9.17, 15) is 9.59 Å². The second-order valence-corrected chi connectivity index (χ2v) is 9.02. The number of carbonyl (C=O) groups is 2. The molecule has 0 spiro atoms. The van der Waals surface area contributed by atoms with E-state index in [1.807, 2.05) is 74.5 Å². The molecule has 1 aliphatic rings. The van der Waals surface area contributed by atoms with Crippen LogP contribution in [0.2, 0.25) is 0 Å². The molecule has 36 heavy (non-hydrogen) atoms. The Bertz CT molecular complexity index is 1430. The van der Waals surface area contributed by atoms with Crippen LogP contribution in [0, 0.1) is 6.92 Å². The topological polar surface area (TPSA) is 87.2 Å². The molecule has 0 radical (unpaired) electrons. The molecular weight excluding hydrogens is 450 g/mol. The monoisotopic (exact) mass is 477 g/mol. The fourth-order valence-electron chi connectivity index (χ4n) is 4.26. The number of likely N-dealkylation sites (N-methyl/N-ethyl adjacent to an activating group) is 1. The van der Waals surface area contributed by atoms with E-state index >= 15 is 0 Å². The molecule has 0 unspecified atom stereocenters. The van der Waals surface area contributed by atoms with Gasteiger partial charge >= 0.3 is 0 Å². The first-order valence-corrected chi connectivity index (χ1v) is 11.9. The molecule has 0 saturated heterocycles. The summed E-state index contributed by atoms with van der Waals surface area (Å²) in [6.45, 7) is 4.01. The highest BCUT2D eigenvalue weighted by Gasteiger charge is 2.24. The van der Waals surface area contributed by atoms with Crippen LogP contribution in [0.3, 0.4) is 0 Å². The van der Waals surface area contributed by atoms with Gasteiger partial charge in [-0.25, -0.2) is 9.97 Å². The summed E-state index contributed by atoms with van der Waals surface area (Å²) < 4.78 is 0. The minimum Gasteiger partial charge on any atom is -0.346 e. The van der Waals surface area contributed by atoms with Gasteiger partial charge in [0, 0.05) is 35.6 Å². The highest BCUT2D eigenvalue weighted by atomic mass is 16.2. The number of hydrogen-bond donors (Lipinski definition) is 2. The molecule has 0 fully saturated rings. The van der Waals surface area contributed by atoms with Gasteiger partial charge in [0.1, 0.15) is 0 Å². The smallest absolute Gasteiger partial charge is 0.251 e.